The quantitative estimate of drug-likeness (QED) is 0.684. The molecule has 1 fully saturated rings. The summed E-state index contributed by atoms with van der Waals surface area (Å²) in [6, 6.07) is 3.19. The Morgan fingerprint density at radius 3 is 2.62 bits per heavy atom. The normalized spacial score (nSPS) is 16.9. The van der Waals surface area contributed by atoms with Crippen molar-refractivity contribution in [2.45, 2.75) is 25.7 Å². The average Bonchev–Trinajstić information content (AvgIpc) is 2.70. The number of likely N-dealkylation sites (tertiary alicyclic amines) is 1. The van der Waals surface area contributed by atoms with Gasteiger partial charge in [0.05, 0.1) is 12.8 Å². The summed E-state index contributed by atoms with van der Waals surface area (Å²) in [5.41, 5.74) is 2.50. The molecule has 1 aromatic rings. The Hall–Kier alpha value is -1.82. The lowest BCUT2D eigenvalue weighted by atomic mass is 10.2. The Kier molecular flexibility index (Phi) is 5.80. The molecule has 2 rings (SSSR count). The maximum Gasteiger partial charge on any atom is 0.254 e. The zero-order valence-electron chi connectivity index (χ0n) is 11.8. The van der Waals surface area contributed by atoms with Crippen LogP contribution in [0.3, 0.4) is 0 Å². The molecule has 4 nitrogen and oxygen atoms in total. The summed E-state index contributed by atoms with van der Waals surface area (Å²) in [5, 5.41) is 3.71. The van der Waals surface area contributed by atoms with Crippen LogP contribution in [0, 0.1) is 11.6 Å². The van der Waals surface area contributed by atoms with Crippen LogP contribution >= 0.6 is 0 Å². The number of carbonyl (C=O) groups excluding carboxylic acids is 1. The lowest BCUT2D eigenvalue weighted by molar-refractivity contribution is -0.122. The first-order valence-electron chi connectivity index (χ1n) is 7.14. The van der Waals surface area contributed by atoms with E-state index >= 15 is 0 Å². The largest absolute Gasteiger partial charge is 0.294 e. The van der Waals surface area contributed by atoms with Gasteiger partial charge >= 0.3 is 0 Å². The molecule has 0 spiro atoms. The van der Waals surface area contributed by atoms with Gasteiger partial charge in [0.2, 0.25) is 0 Å². The molecule has 1 aliphatic heterocycles. The number of hydrogen-bond donors (Lipinski definition) is 1. The van der Waals surface area contributed by atoms with Crippen LogP contribution in [0.5, 0.6) is 0 Å². The van der Waals surface area contributed by atoms with Gasteiger partial charge in [0, 0.05) is 11.6 Å². The van der Waals surface area contributed by atoms with E-state index in [9.17, 15) is 13.6 Å². The van der Waals surface area contributed by atoms with E-state index in [0.29, 0.717) is 6.54 Å². The molecule has 21 heavy (non-hydrogen) atoms. The van der Waals surface area contributed by atoms with E-state index in [2.05, 4.69) is 15.4 Å². The van der Waals surface area contributed by atoms with E-state index in [-0.39, 0.29) is 11.5 Å². The third-order valence-corrected chi connectivity index (χ3v) is 3.42. The van der Waals surface area contributed by atoms with Crippen molar-refractivity contribution in [3.63, 3.8) is 0 Å². The lowest BCUT2D eigenvalue weighted by Crippen LogP contribution is -2.35. The third kappa shape index (κ3) is 5.23. The lowest BCUT2D eigenvalue weighted by Gasteiger charge is -2.17. The minimum Gasteiger partial charge on any atom is -0.294 e. The van der Waals surface area contributed by atoms with Crippen LogP contribution in [0.4, 0.5) is 8.78 Å². The summed E-state index contributed by atoms with van der Waals surface area (Å²) in [7, 11) is 0. The second-order valence-electron chi connectivity index (χ2n) is 5.15. The Bertz CT molecular complexity index is 512. The predicted octanol–water partition coefficient (Wildman–Crippen LogP) is 2.29. The van der Waals surface area contributed by atoms with Gasteiger partial charge < -0.3 is 0 Å². The first kappa shape index (κ1) is 15.6. The van der Waals surface area contributed by atoms with Gasteiger partial charge in [-0.15, -0.1) is 0 Å². The molecule has 0 radical (unpaired) electrons. The second-order valence-corrected chi connectivity index (χ2v) is 5.15. The first-order valence-corrected chi connectivity index (χ1v) is 7.14. The van der Waals surface area contributed by atoms with Gasteiger partial charge in [-0.3, -0.25) is 9.69 Å². The molecule has 0 aliphatic carbocycles. The highest BCUT2D eigenvalue weighted by Crippen LogP contribution is 2.09. The van der Waals surface area contributed by atoms with Crippen LogP contribution in [-0.2, 0) is 4.79 Å². The summed E-state index contributed by atoms with van der Waals surface area (Å²) in [6.07, 6.45) is 5.81. The molecule has 114 valence electrons. The fraction of sp³-hybridized carbons (Fsp3) is 0.467. The molecule has 0 atom stereocenters. The van der Waals surface area contributed by atoms with E-state index in [1.54, 1.807) is 0 Å². The van der Waals surface area contributed by atoms with Gasteiger partial charge in [-0.1, -0.05) is 12.8 Å². The molecule has 1 heterocycles. The Labute approximate surface area is 122 Å². The van der Waals surface area contributed by atoms with Crippen LogP contribution in [0.25, 0.3) is 0 Å². The first-order chi connectivity index (χ1) is 10.1. The van der Waals surface area contributed by atoms with Gasteiger partial charge in [0.1, 0.15) is 11.6 Å². The third-order valence-electron chi connectivity index (χ3n) is 3.42. The van der Waals surface area contributed by atoms with E-state index in [1.807, 2.05) is 0 Å². The second kappa shape index (κ2) is 7.83. The molecular formula is C15H19F2N3O. The molecule has 1 N–H and O–H groups in total. The molecular weight excluding hydrogens is 276 g/mol. The maximum atomic E-state index is 13.3. The number of amides is 1. The summed E-state index contributed by atoms with van der Waals surface area (Å²) >= 11 is 0. The zero-order valence-corrected chi connectivity index (χ0v) is 11.8. The predicted molar refractivity (Wildman–Crippen MR) is 77.0 cm³/mol. The fourth-order valence-corrected chi connectivity index (χ4v) is 2.31. The van der Waals surface area contributed by atoms with Gasteiger partial charge in [-0.05, 0) is 38.1 Å². The number of rotatable bonds is 4. The number of nitrogens with one attached hydrogen (secondary N) is 1. The van der Waals surface area contributed by atoms with Crippen molar-refractivity contribution in [1.29, 1.82) is 0 Å². The Morgan fingerprint density at radius 2 is 1.95 bits per heavy atom. The van der Waals surface area contributed by atoms with Crippen LogP contribution in [0.15, 0.2) is 23.3 Å². The van der Waals surface area contributed by atoms with Crippen molar-refractivity contribution in [3.05, 3.63) is 35.4 Å². The number of benzene rings is 1. The Morgan fingerprint density at radius 1 is 1.24 bits per heavy atom. The molecule has 0 saturated carbocycles. The molecule has 0 aromatic heterocycles. The van der Waals surface area contributed by atoms with E-state index in [4.69, 9.17) is 0 Å². The maximum absolute atomic E-state index is 13.3. The minimum absolute atomic E-state index is 0.131. The highest BCUT2D eigenvalue weighted by Gasteiger charge is 2.12. The Balaban J connectivity index is 1.81. The monoisotopic (exact) mass is 295 g/mol. The summed E-state index contributed by atoms with van der Waals surface area (Å²) in [6.45, 7) is 2.14. The van der Waals surface area contributed by atoms with Crippen LogP contribution in [-0.4, -0.2) is 36.7 Å². The van der Waals surface area contributed by atoms with Gasteiger partial charge in [0.25, 0.3) is 5.91 Å². The number of nitrogens with zero attached hydrogens (tertiary/aromatic N) is 2. The molecule has 0 bridgehead atoms. The smallest absolute Gasteiger partial charge is 0.254 e. The van der Waals surface area contributed by atoms with Crippen molar-refractivity contribution in [2.24, 2.45) is 5.10 Å². The fourth-order valence-electron chi connectivity index (χ4n) is 2.31. The van der Waals surface area contributed by atoms with Crippen molar-refractivity contribution < 1.29 is 13.6 Å². The SMILES string of the molecule is O=C(CN1CCCCCC1)N/N=C\c1ccc(F)cc1F. The van der Waals surface area contributed by atoms with Crippen LogP contribution in [0.1, 0.15) is 31.2 Å². The van der Waals surface area contributed by atoms with Crippen molar-refractivity contribution in [1.82, 2.24) is 10.3 Å². The van der Waals surface area contributed by atoms with Crippen molar-refractivity contribution in [2.75, 3.05) is 19.6 Å². The van der Waals surface area contributed by atoms with Crippen molar-refractivity contribution in [3.8, 4) is 0 Å². The van der Waals surface area contributed by atoms with Gasteiger partial charge in [0.15, 0.2) is 0 Å². The topological polar surface area (TPSA) is 44.7 Å². The van der Waals surface area contributed by atoms with Crippen LogP contribution < -0.4 is 5.43 Å². The van der Waals surface area contributed by atoms with Gasteiger partial charge in [-0.2, -0.15) is 5.10 Å². The highest BCUT2D eigenvalue weighted by molar-refractivity contribution is 5.83. The molecule has 6 heteroatoms. The molecule has 1 saturated heterocycles. The number of hydrazone groups is 1. The standard InChI is InChI=1S/C15H19F2N3O/c16-13-6-5-12(14(17)9-13)10-18-19-15(21)11-20-7-3-1-2-4-8-20/h5-6,9-10H,1-4,7-8,11H2,(H,19,21)/b18-10-. The molecule has 0 unspecified atom stereocenters. The summed E-state index contributed by atoms with van der Waals surface area (Å²) < 4.78 is 26.1. The van der Waals surface area contributed by atoms with E-state index in [1.165, 1.54) is 25.1 Å². The van der Waals surface area contributed by atoms with E-state index in [0.717, 1.165) is 38.1 Å². The summed E-state index contributed by atoms with van der Waals surface area (Å²) in [4.78, 5) is 13.8. The number of hydrogen-bond acceptors (Lipinski definition) is 3. The molecule has 1 aromatic carbocycles. The van der Waals surface area contributed by atoms with Crippen LogP contribution in [0.2, 0.25) is 0 Å². The number of halogens is 2. The highest BCUT2D eigenvalue weighted by atomic mass is 19.1. The van der Waals surface area contributed by atoms with E-state index < -0.39 is 11.6 Å². The average molecular weight is 295 g/mol. The molecule has 1 amide bonds. The summed E-state index contributed by atoms with van der Waals surface area (Å²) in [5.74, 6) is -1.58. The zero-order chi connectivity index (χ0) is 15.1. The van der Waals surface area contributed by atoms with Gasteiger partial charge in [-0.25, -0.2) is 14.2 Å². The number of carbonyl (C=O) groups is 1. The minimum atomic E-state index is -0.708. The van der Waals surface area contributed by atoms with Crippen molar-refractivity contribution >= 4 is 12.1 Å². The molecule has 1 aliphatic rings.